The molecule has 0 radical (unpaired) electrons. The van der Waals surface area contributed by atoms with Gasteiger partial charge in [-0.15, -0.1) is 0 Å². The van der Waals surface area contributed by atoms with Gasteiger partial charge in [-0.3, -0.25) is 0 Å². The summed E-state index contributed by atoms with van der Waals surface area (Å²) in [5, 5.41) is 3.21. The van der Waals surface area contributed by atoms with Crippen LogP contribution in [0.3, 0.4) is 0 Å². The maximum absolute atomic E-state index is 5.48. The van der Waals surface area contributed by atoms with Crippen LogP contribution in [0.1, 0.15) is 24.2 Å². The fourth-order valence-electron chi connectivity index (χ4n) is 2.35. The van der Waals surface area contributed by atoms with Gasteiger partial charge in [-0.05, 0) is 38.1 Å². The molecule has 0 bridgehead atoms. The monoisotopic (exact) mass is 257 g/mol. The average molecular weight is 257 g/mol. The molecule has 1 N–H and O–H groups in total. The highest BCUT2D eigenvalue weighted by molar-refractivity contribution is 5.49. The Labute approximate surface area is 113 Å². The van der Waals surface area contributed by atoms with Crippen LogP contribution in [0.25, 0.3) is 0 Å². The van der Waals surface area contributed by atoms with E-state index >= 15 is 0 Å². The van der Waals surface area contributed by atoms with Gasteiger partial charge in [0.15, 0.2) is 0 Å². The number of anilines is 1. The van der Waals surface area contributed by atoms with Gasteiger partial charge in [0.05, 0.1) is 12.8 Å². The lowest BCUT2D eigenvalue weighted by molar-refractivity contribution is 0.499. The summed E-state index contributed by atoms with van der Waals surface area (Å²) in [6, 6.07) is 8.70. The molecule has 3 rings (SSSR count). The molecule has 1 aliphatic rings. The highest BCUT2D eigenvalue weighted by atomic mass is 16.3. The maximum Gasteiger partial charge on any atom is 0.133 e. The van der Waals surface area contributed by atoms with E-state index in [-0.39, 0.29) is 0 Å². The van der Waals surface area contributed by atoms with E-state index in [9.17, 15) is 0 Å². The molecule has 1 fully saturated rings. The Morgan fingerprint density at radius 2 is 2.26 bits per heavy atom. The van der Waals surface area contributed by atoms with Crippen molar-refractivity contribution in [2.45, 2.75) is 32.0 Å². The molecule has 1 aliphatic carbocycles. The van der Waals surface area contributed by atoms with Crippen molar-refractivity contribution in [1.82, 2.24) is 10.3 Å². The van der Waals surface area contributed by atoms with Crippen molar-refractivity contribution in [2.24, 2.45) is 0 Å². The van der Waals surface area contributed by atoms with Crippen LogP contribution < -0.4 is 10.2 Å². The zero-order chi connectivity index (χ0) is 13.1. The molecule has 2 aromatic heterocycles. The lowest BCUT2D eigenvalue weighted by atomic mass is 10.2. The van der Waals surface area contributed by atoms with Gasteiger partial charge in [-0.2, -0.15) is 0 Å². The highest BCUT2D eigenvalue weighted by Crippen LogP contribution is 2.33. The topological polar surface area (TPSA) is 41.3 Å². The summed E-state index contributed by atoms with van der Waals surface area (Å²) in [5.41, 5.74) is 1.24. The van der Waals surface area contributed by atoms with Gasteiger partial charge in [-0.1, -0.05) is 6.07 Å². The van der Waals surface area contributed by atoms with Crippen LogP contribution in [0.15, 0.2) is 41.1 Å². The second kappa shape index (κ2) is 5.45. The first-order valence-electron chi connectivity index (χ1n) is 6.76. The smallest absolute Gasteiger partial charge is 0.133 e. The minimum Gasteiger partial charge on any atom is -0.467 e. The van der Waals surface area contributed by atoms with Crippen molar-refractivity contribution < 1.29 is 4.42 Å². The fourth-order valence-corrected chi connectivity index (χ4v) is 2.35. The van der Waals surface area contributed by atoms with E-state index in [0.717, 1.165) is 24.7 Å². The number of hydrogen-bond acceptors (Lipinski definition) is 4. The van der Waals surface area contributed by atoms with E-state index in [2.05, 4.69) is 21.3 Å². The molecule has 19 heavy (non-hydrogen) atoms. The van der Waals surface area contributed by atoms with Crippen LogP contribution in [0.4, 0.5) is 5.82 Å². The van der Waals surface area contributed by atoms with Crippen molar-refractivity contribution in [3.63, 3.8) is 0 Å². The maximum atomic E-state index is 5.48. The van der Waals surface area contributed by atoms with Crippen LogP contribution in [-0.4, -0.2) is 18.1 Å². The molecule has 1 saturated carbocycles. The third-order valence-electron chi connectivity index (χ3n) is 3.40. The summed E-state index contributed by atoms with van der Waals surface area (Å²) in [7, 11) is 1.96. The van der Waals surface area contributed by atoms with E-state index in [0.29, 0.717) is 6.04 Å². The summed E-state index contributed by atoms with van der Waals surface area (Å²) in [6.45, 7) is 1.63. The summed E-state index contributed by atoms with van der Waals surface area (Å²) in [4.78, 5) is 6.95. The molecule has 4 nitrogen and oxygen atoms in total. The Morgan fingerprint density at radius 3 is 2.95 bits per heavy atom. The van der Waals surface area contributed by atoms with Crippen molar-refractivity contribution in [1.29, 1.82) is 0 Å². The summed E-state index contributed by atoms with van der Waals surface area (Å²) < 4.78 is 5.48. The van der Waals surface area contributed by atoms with Crippen molar-refractivity contribution >= 4 is 5.82 Å². The summed E-state index contributed by atoms with van der Waals surface area (Å²) in [6.07, 6.45) is 6.09. The molecule has 0 amide bonds. The van der Waals surface area contributed by atoms with Crippen LogP contribution in [0.5, 0.6) is 0 Å². The third kappa shape index (κ3) is 2.79. The molecule has 0 spiro atoms. The average Bonchev–Trinajstić information content (AvgIpc) is 3.15. The number of nitrogens with one attached hydrogen (secondary N) is 1. The van der Waals surface area contributed by atoms with E-state index in [1.54, 1.807) is 6.26 Å². The van der Waals surface area contributed by atoms with E-state index in [1.165, 1.54) is 18.4 Å². The van der Waals surface area contributed by atoms with Crippen molar-refractivity contribution in [3.05, 3.63) is 48.0 Å². The molecule has 0 unspecified atom stereocenters. The Balaban J connectivity index is 1.87. The number of pyridine rings is 1. The molecule has 2 aromatic rings. The van der Waals surface area contributed by atoms with E-state index in [4.69, 9.17) is 4.42 Å². The molecule has 0 atom stereocenters. The van der Waals surface area contributed by atoms with Gasteiger partial charge in [0.25, 0.3) is 0 Å². The summed E-state index contributed by atoms with van der Waals surface area (Å²) >= 11 is 0. The Morgan fingerprint density at radius 1 is 1.37 bits per heavy atom. The second-order valence-electron chi connectivity index (χ2n) is 4.95. The van der Waals surface area contributed by atoms with Crippen molar-refractivity contribution in [3.8, 4) is 0 Å². The molecule has 0 aliphatic heterocycles. The third-order valence-corrected chi connectivity index (χ3v) is 3.40. The Kier molecular flexibility index (Phi) is 3.51. The first kappa shape index (κ1) is 12.2. The van der Waals surface area contributed by atoms with Gasteiger partial charge in [-0.25, -0.2) is 4.98 Å². The van der Waals surface area contributed by atoms with Crippen LogP contribution >= 0.6 is 0 Å². The predicted octanol–water partition coefficient (Wildman–Crippen LogP) is 2.56. The van der Waals surface area contributed by atoms with Crippen LogP contribution in [-0.2, 0) is 13.1 Å². The van der Waals surface area contributed by atoms with Crippen LogP contribution in [0.2, 0.25) is 0 Å². The number of aromatic nitrogens is 1. The zero-order valence-corrected chi connectivity index (χ0v) is 11.2. The first-order valence-corrected chi connectivity index (χ1v) is 6.76. The molecule has 0 saturated heterocycles. The lowest BCUT2D eigenvalue weighted by Gasteiger charge is -2.24. The van der Waals surface area contributed by atoms with Gasteiger partial charge in [0.1, 0.15) is 11.6 Å². The number of rotatable bonds is 6. The van der Waals surface area contributed by atoms with Gasteiger partial charge >= 0.3 is 0 Å². The standard InChI is InChI=1S/C15H19N3O/c1-16-10-12-4-2-8-17-15(12)18(13-6-7-13)11-14-5-3-9-19-14/h2-5,8-9,13,16H,6-7,10-11H2,1H3. The first-order chi connectivity index (χ1) is 9.38. The highest BCUT2D eigenvalue weighted by Gasteiger charge is 2.31. The van der Waals surface area contributed by atoms with E-state index < -0.39 is 0 Å². The SMILES string of the molecule is CNCc1cccnc1N(Cc1ccco1)C1CC1. The molecule has 2 heterocycles. The van der Waals surface area contributed by atoms with Gasteiger partial charge < -0.3 is 14.6 Å². The lowest BCUT2D eigenvalue weighted by Crippen LogP contribution is -2.27. The number of nitrogens with zero attached hydrogens (tertiary/aromatic N) is 2. The minimum atomic E-state index is 0.607. The molecule has 100 valence electrons. The van der Waals surface area contributed by atoms with E-state index in [1.807, 2.05) is 31.4 Å². The van der Waals surface area contributed by atoms with Crippen LogP contribution in [0, 0.1) is 0 Å². The fraction of sp³-hybridized carbons (Fsp3) is 0.400. The predicted molar refractivity (Wildman–Crippen MR) is 74.9 cm³/mol. The second-order valence-corrected chi connectivity index (χ2v) is 4.95. The minimum absolute atomic E-state index is 0.607. The van der Waals surface area contributed by atoms with Gasteiger partial charge in [0.2, 0.25) is 0 Å². The van der Waals surface area contributed by atoms with Gasteiger partial charge in [0, 0.05) is 24.3 Å². The molecular weight excluding hydrogens is 238 g/mol. The zero-order valence-electron chi connectivity index (χ0n) is 11.2. The summed E-state index contributed by atoms with van der Waals surface area (Å²) in [5.74, 6) is 2.07. The Bertz CT molecular complexity index is 520. The van der Waals surface area contributed by atoms with Crippen molar-refractivity contribution in [2.75, 3.05) is 11.9 Å². The number of hydrogen-bond donors (Lipinski definition) is 1. The molecule has 4 heteroatoms. The normalized spacial score (nSPS) is 14.6. The molecular formula is C15H19N3O. The molecule has 0 aromatic carbocycles. The number of furan rings is 1. The Hall–Kier alpha value is -1.81. The quantitative estimate of drug-likeness (QED) is 0.863. The largest absolute Gasteiger partial charge is 0.467 e.